The van der Waals surface area contributed by atoms with Crippen LogP contribution < -0.4 is 5.14 Å². The molecule has 7 heteroatoms. The van der Waals surface area contributed by atoms with Crippen LogP contribution >= 0.6 is 0 Å². The molecule has 0 bridgehead atoms. The molecule has 1 aromatic heterocycles. The fourth-order valence-electron chi connectivity index (χ4n) is 2.37. The molecule has 0 spiro atoms. The zero-order chi connectivity index (χ0) is 17.3. The van der Waals surface area contributed by atoms with Crippen LogP contribution in [0, 0.1) is 11.6 Å². The van der Waals surface area contributed by atoms with Crippen molar-refractivity contribution in [3.63, 3.8) is 0 Å². The first-order valence-corrected chi connectivity index (χ1v) is 8.44. The second-order valence-corrected chi connectivity index (χ2v) is 6.66. The third kappa shape index (κ3) is 3.17. The maximum Gasteiger partial charge on any atom is 0.238 e. The minimum atomic E-state index is -3.99. The number of hydrogen-bond acceptors (Lipinski definition) is 3. The second kappa shape index (κ2) is 6.10. The average molecular weight is 346 g/mol. The van der Waals surface area contributed by atoms with E-state index in [-0.39, 0.29) is 16.2 Å². The van der Waals surface area contributed by atoms with Crippen LogP contribution in [0.4, 0.5) is 8.78 Å². The molecule has 0 aliphatic carbocycles. The van der Waals surface area contributed by atoms with Crippen LogP contribution in [-0.2, 0) is 10.0 Å². The number of pyridine rings is 1. The van der Waals surface area contributed by atoms with Crippen molar-refractivity contribution in [2.45, 2.75) is 4.90 Å². The number of benzene rings is 2. The summed E-state index contributed by atoms with van der Waals surface area (Å²) in [7, 11) is -3.99. The Balaban J connectivity index is 2.25. The molecule has 0 saturated carbocycles. The largest absolute Gasteiger partial charge is 0.255 e. The summed E-state index contributed by atoms with van der Waals surface area (Å²) in [5.41, 5.74) is 1.15. The molecule has 2 aromatic carbocycles. The van der Waals surface area contributed by atoms with E-state index in [1.54, 1.807) is 18.2 Å². The molecule has 0 fully saturated rings. The summed E-state index contributed by atoms with van der Waals surface area (Å²) in [4.78, 5) is 3.91. The van der Waals surface area contributed by atoms with Crippen LogP contribution in [0.5, 0.6) is 0 Å². The predicted molar refractivity (Wildman–Crippen MR) is 86.4 cm³/mol. The van der Waals surface area contributed by atoms with Gasteiger partial charge in [0.15, 0.2) is 0 Å². The van der Waals surface area contributed by atoms with Gasteiger partial charge < -0.3 is 0 Å². The molecule has 2 N–H and O–H groups in total. The van der Waals surface area contributed by atoms with Gasteiger partial charge >= 0.3 is 0 Å². The monoisotopic (exact) mass is 346 g/mol. The third-order valence-corrected chi connectivity index (χ3v) is 4.38. The molecule has 24 heavy (non-hydrogen) atoms. The number of rotatable bonds is 3. The molecule has 1 heterocycles. The molecule has 3 rings (SSSR count). The van der Waals surface area contributed by atoms with Gasteiger partial charge in [0.1, 0.15) is 11.6 Å². The lowest BCUT2D eigenvalue weighted by molar-refractivity contribution is 0.596. The van der Waals surface area contributed by atoms with E-state index < -0.39 is 21.7 Å². The minimum absolute atomic E-state index is 0.0265. The Hall–Kier alpha value is -2.64. The standard InChI is InChI=1S/C17H12F2N2O2S/c18-12-4-1-3-11(9-12)14-5-2-8-21-17(14)15-10-13(24(20,22)23)6-7-16(15)19/h1-10H,(H2,20,22,23). The quantitative estimate of drug-likeness (QED) is 0.790. The molecular weight excluding hydrogens is 334 g/mol. The Morgan fingerprint density at radius 1 is 0.917 bits per heavy atom. The fourth-order valence-corrected chi connectivity index (χ4v) is 2.91. The Morgan fingerprint density at radius 3 is 2.42 bits per heavy atom. The number of nitrogens with two attached hydrogens (primary N) is 1. The summed E-state index contributed by atoms with van der Waals surface area (Å²) < 4.78 is 50.8. The highest BCUT2D eigenvalue weighted by atomic mass is 32.2. The highest BCUT2D eigenvalue weighted by Gasteiger charge is 2.17. The molecule has 0 amide bonds. The molecule has 0 saturated heterocycles. The van der Waals surface area contributed by atoms with Crippen molar-refractivity contribution in [2.24, 2.45) is 5.14 Å². The zero-order valence-electron chi connectivity index (χ0n) is 12.3. The lowest BCUT2D eigenvalue weighted by Gasteiger charge is -2.11. The molecule has 3 aromatic rings. The summed E-state index contributed by atoms with van der Waals surface area (Å²) >= 11 is 0. The highest BCUT2D eigenvalue weighted by Crippen LogP contribution is 2.33. The maximum atomic E-state index is 14.3. The molecule has 0 aliphatic rings. The van der Waals surface area contributed by atoms with Crippen molar-refractivity contribution in [3.8, 4) is 22.4 Å². The normalized spacial score (nSPS) is 11.5. The molecule has 0 radical (unpaired) electrons. The lowest BCUT2D eigenvalue weighted by atomic mass is 9.99. The average Bonchev–Trinajstić information content (AvgIpc) is 2.54. The van der Waals surface area contributed by atoms with Crippen molar-refractivity contribution < 1.29 is 17.2 Å². The summed E-state index contributed by atoms with van der Waals surface area (Å²) in [6.07, 6.45) is 1.45. The van der Waals surface area contributed by atoms with Crippen LogP contribution in [0.15, 0.2) is 65.7 Å². The molecule has 0 unspecified atom stereocenters. The van der Waals surface area contributed by atoms with Gasteiger partial charge in [-0.1, -0.05) is 18.2 Å². The van der Waals surface area contributed by atoms with E-state index in [2.05, 4.69) is 4.98 Å². The van der Waals surface area contributed by atoms with Crippen molar-refractivity contribution >= 4 is 10.0 Å². The van der Waals surface area contributed by atoms with Crippen LogP contribution in [-0.4, -0.2) is 13.4 Å². The maximum absolute atomic E-state index is 14.3. The second-order valence-electron chi connectivity index (χ2n) is 5.10. The fraction of sp³-hybridized carbons (Fsp3) is 0. The minimum Gasteiger partial charge on any atom is -0.255 e. The number of sulfonamides is 1. The molecule has 0 aliphatic heterocycles. The van der Waals surface area contributed by atoms with E-state index in [0.717, 1.165) is 18.2 Å². The first kappa shape index (κ1) is 16.2. The van der Waals surface area contributed by atoms with Crippen molar-refractivity contribution in [1.82, 2.24) is 4.98 Å². The van der Waals surface area contributed by atoms with Gasteiger partial charge in [-0.15, -0.1) is 0 Å². The number of aromatic nitrogens is 1. The third-order valence-electron chi connectivity index (χ3n) is 3.46. The Labute approximate surface area is 137 Å². The highest BCUT2D eigenvalue weighted by molar-refractivity contribution is 7.89. The SMILES string of the molecule is NS(=O)(=O)c1ccc(F)c(-c2ncccc2-c2cccc(F)c2)c1. The van der Waals surface area contributed by atoms with Gasteiger partial charge in [0, 0.05) is 17.3 Å². The molecular formula is C17H12F2N2O2S. The topological polar surface area (TPSA) is 73.1 Å². The number of nitrogens with zero attached hydrogens (tertiary/aromatic N) is 1. The first-order valence-electron chi connectivity index (χ1n) is 6.90. The number of hydrogen-bond donors (Lipinski definition) is 1. The Bertz CT molecular complexity index is 1020. The van der Waals surface area contributed by atoms with E-state index in [4.69, 9.17) is 5.14 Å². The smallest absolute Gasteiger partial charge is 0.238 e. The summed E-state index contributed by atoms with van der Waals surface area (Å²) in [5, 5.41) is 5.10. The molecule has 122 valence electrons. The van der Waals surface area contributed by atoms with Crippen LogP contribution in [0.2, 0.25) is 0 Å². The first-order chi connectivity index (χ1) is 11.4. The zero-order valence-corrected chi connectivity index (χ0v) is 13.1. The van der Waals surface area contributed by atoms with E-state index in [1.807, 2.05) is 0 Å². The van der Waals surface area contributed by atoms with E-state index in [0.29, 0.717) is 11.1 Å². The summed E-state index contributed by atoms with van der Waals surface area (Å²) in [6, 6.07) is 12.3. The molecule has 0 atom stereocenters. The molecule has 4 nitrogen and oxygen atoms in total. The van der Waals surface area contributed by atoms with E-state index >= 15 is 0 Å². The lowest BCUT2D eigenvalue weighted by Crippen LogP contribution is -2.12. The van der Waals surface area contributed by atoms with E-state index in [1.165, 1.54) is 24.4 Å². The van der Waals surface area contributed by atoms with Gasteiger partial charge in [-0.2, -0.15) is 0 Å². The number of primary sulfonamides is 1. The van der Waals surface area contributed by atoms with E-state index in [9.17, 15) is 17.2 Å². The Morgan fingerprint density at radius 2 is 1.71 bits per heavy atom. The van der Waals surface area contributed by atoms with Crippen molar-refractivity contribution in [3.05, 3.63) is 72.4 Å². The van der Waals surface area contributed by atoms with Gasteiger partial charge in [0.2, 0.25) is 10.0 Å². The van der Waals surface area contributed by atoms with Gasteiger partial charge in [0.05, 0.1) is 10.6 Å². The van der Waals surface area contributed by atoms with Crippen LogP contribution in [0.25, 0.3) is 22.4 Å². The van der Waals surface area contributed by atoms with Crippen molar-refractivity contribution in [2.75, 3.05) is 0 Å². The summed E-state index contributed by atoms with van der Waals surface area (Å²) in [6.45, 7) is 0. The van der Waals surface area contributed by atoms with Gasteiger partial charge in [0.25, 0.3) is 0 Å². The van der Waals surface area contributed by atoms with Crippen LogP contribution in [0.3, 0.4) is 0 Å². The van der Waals surface area contributed by atoms with Crippen LogP contribution in [0.1, 0.15) is 0 Å². The predicted octanol–water partition coefficient (Wildman–Crippen LogP) is 3.34. The van der Waals surface area contributed by atoms with Crippen molar-refractivity contribution in [1.29, 1.82) is 0 Å². The van der Waals surface area contributed by atoms with Gasteiger partial charge in [-0.3, -0.25) is 4.98 Å². The Kier molecular flexibility index (Phi) is 4.13. The number of halogens is 2. The summed E-state index contributed by atoms with van der Waals surface area (Å²) in [5.74, 6) is -1.10. The van der Waals surface area contributed by atoms with Gasteiger partial charge in [-0.05, 0) is 42.0 Å². The van der Waals surface area contributed by atoms with Gasteiger partial charge in [-0.25, -0.2) is 22.3 Å².